The highest BCUT2D eigenvalue weighted by Crippen LogP contribution is 2.35. The number of alkyl halides is 16. The first-order chi connectivity index (χ1) is 66.3. The van der Waals surface area contributed by atoms with Gasteiger partial charge in [-0.1, -0.05) is 60.1 Å². The number of aromatic nitrogens is 14. The molecule has 8 aromatic carbocycles. The summed E-state index contributed by atoms with van der Waals surface area (Å²) in [5, 5.41) is 20.3. The van der Waals surface area contributed by atoms with Gasteiger partial charge in [0.25, 0.3) is 53.8 Å². The summed E-state index contributed by atoms with van der Waals surface area (Å²) in [6, 6.07) is 55.0. The number of ether oxygens (including phenoxy) is 8. The fourth-order valence-electron chi connectivity index (χ4n) is 13.2. The third-order valence-electron chi connectivity index (χ3n) is 19.1. The van der Waals surface area contributed by atoms with Gasteiger partial charge in [0.2, 0.25) is 23.5 Å². The first-order valence-corrected chi connectivity index (χ1v) is 40.3. The molecule has 708 valence electrons. The van der Waals surface area contributed by atoms with Crippen LogP contribution in [0.1, 0.15) is 10.4 Å². The van der Waals surface area contributed by atoms with Crippen LogP contribution in [0.3, 0.4) is 0 Å². The number of benzene rings is 8. The molecule has 0 bridgehead atoms. The Bertz CT molecular complexity index is 7260. The Hall–Kier alpha value is -16.8. The van der Waals surface area contributed by atoms with E-state index in [4.69, 9.17) is 30.5 Å². The lowest BCUT2D eigenvalue weighted by molar-refractivity contribution is -0.0505. The van der Waals surface area contributed by atoms with Gasteiger partial charge in [0.05, 0.1) is 56.0 Å². The van der Waals surface area contributed by atoms with Gasteiger partial charge in [0.1, 0.15) is 72.9 Å². The third-order valence-corrected chi connectivity index (χ3v) is 19.4. The van der Waals surface area contributed by atoms with Crippen molar-refractivity contribution in [1.29, 1.82) is 0 Å². The predicted octanol–water partition coefficient (Wildman–Crippen LogP) is 18.9. The van der Waals surface area contributed by atoms with Gasteiger partial charge in [-0.15, -0.1) is 0 Å². The molecule has 0 unspecified atom stereocenters. The fourth-order valence-corrected chi connectivity index (χ4v) is 13.4. The minimum atomic E-state index is -3.02. The van der Waals surface area contributed by atoms with Gasteiger partial charge in [0, 0.05) is 54.3 Å². The second-order valence-electron chi connectivity index (χ2n) is 28.2. The molecule has 17 aromatic rings. The monoisotopic (exact) mass is 1940 g/mol. The SMILES string of the molecule is CNC(=O)c1ccc(-n2nc3ccc(OCC(F)F)nc3c(-c3ccc(OC(F)F)cc3)c2=O)cc1.O=c1c(-c2ccc(OC(F)F)cc2)c2nc(OCC(F)F)ccc2nn1-c1ccc(Cl)cc1.O=c1c(-c2ccc(OC(F)F)cc2)c2nc(OCC(F)F)ccc2nn1-c1ccc(F)cc1.O=c1c(-c2ccc(OC(F)F)cc2)c2nc(OCC(F)F)ccc2nn1-c1ccc2nccnc2c1. The highest BCUT2D eigenvalue weighted by Gasteiger charge is 2.26. The van der Waals surface area contributed by atoms with Gasteiger partial charge in [-0.3, -0.25) is 33.9 Å². The number of halogens is 18. The lowest BCUT2D eigenvalue weighted by atomic mass is 10.1. The van der Waals surface area contributed by atoms with Crippen molar-refractivity contribution in [1.82, 2.24) is 74.3 Å². The Kier molecular flexibility index (Phi) is 31.0. The van der Waals surface area contributed by atoms with Crippen LogP contribution in [0.25, 0.3) is 122 Å². The number of nitrogens with one attached hydrogen (secondary N) is 1. The molecule has 28 nitrogen and oxygen atoms in total. The summed E-state index contributed by atoms with van der Waals surface area (Å²) < 4.78 is 256. The number of hydrogen-bond donors (Lipinski definition) is 1. The Morgan fingerprint density at radius 3 is 0.848 bits per heavy atom. The molecule has 17 rings (SSSR count). The molecule has 1 amide bonds. The molecule has 0 saturated carbocycles. The second kappa shape index (κ2) is 43.9. The Labute approximate surface area is 767 Å². The molecule has 9 heterocycles. The number of carbonyl (C=O) groups is 1. The summed E-state index contributed by atoms with van der Waals surface area (Å²) in [6.45, 7) is -15.6. The molecular weight excluding hydrogens is 1880 g/mol. The van der Waals surface area contributed by atoms with Crippen molar-refractivity contribution in [2.45, 2.75) is 52.1 Å². The Morgan fingerprint density at radius 1 is 0.319 bits per heavy atom. The maximum atomic E-state index is 13.7. The number of hydrogen-bond acceptors (Lipinski definition) is 23. The van der Waals surface area contributed by atoms with Crippen molar-refractivity contribution < 1.29 is 117 Å². The van der Waals surface area contributed by atoms with Crippen LogP contribution in [0.2, 0.25) is 5.02 Å². The average molecular weight is 1940 g/mol. The summed E-state index contributed by atoms with van der Waals surface area (Å²) in [4.78, 5) is 91.1. The van der Waals surface area contributed by atoms with E-state index in [0.29, 0.717) is 55.4 Å². The summed E-state index contributed by atoms with van der Waals surface area (Å²) in [6.07, 6.45) is -7.82. The summed E-state index contributed by atoms with van der Waals surface area (Å²) in [7, 11) is 1.49. The Morgan fingerprint density at radius 2 is 0.572 bits per heavy atom. The van der Waals surface area contributed by atoms with Crippen molar-refractivity contribution in [3.05, 3.63) is 307 Å². The molecule has 46 heteroatoms. The van der Waals surface area contributed by atoms with Crippen LogP contribution >= 0.6 is 11.6 Å². The maximum absolute atomic E-state index is 13.7. The molecule has 0 aliphatic heterocycles. The molecular formula is C92H61ClF17N15O13. The average Bonchev–Trinajstić information content (AvgIpc) is 0.760. The van der Waals surface area contributed by atoms with Crippen LogP contribution < -0.4 is 65.4 Å². The number of amides is 1. The van der Waals surface area contributed by atoms with Crippen LogP contribution in [0.4, 0.5) is 74.6 Å². The zero-order chi connectivity index (χ0) is 98.1. The zero-order valence-electron chi connectivity index (χ0n) is 70.0. The quantitative estimate of drug-likeness (QED) is 0.0426. The minimum Gasteiger partial charge on any atom is -0.472 e. The second-order valence-corrected chi connectivity index (χ2v) is 28.6. The first-order valence-electron chi connectivity index (χ1n) is 40.0. The molecule has 0 saturated heterocycles. The lowest BCUT2D eigenvalue weighted by Gasteiger charge is -2.13. The van der Waals surface area contributed by atoms with Crippen LogP contribution in [-0.4, -0.2) is 161 Å². The van der Waals surface area contributed by atoms with Crippen molar-refractivity contribution in [3.8, 4) is 114 Å². The normalized spacial score (nSPS) is 11.4. The molecule has 0 aliphatic rings. The van der Waals surface area contributed by atoms with E-state index in [-0.39, 0.29) is 130 Å². The predicted molar refractivity (Wildman–Crippen MR) is 466 cm³/mol. The van der Waals surface area contributed by atoms with E-state index in [2.05, 4.69) is 74.6 Å². The molecule has 1 N–H and O–H groups in total. The standard InChI is InChI=1S/C24H15F4N5O3.C24H18F4N4O4.C22H14ClF4N3O3.C22H14F5N3O3/c25-19(26)12-35-20-8-7-17-22(31-20)21(13-1-4-15(5-2-13)36-24(27)28)23(34)33(32-17)14-3-6-16-18(11-14)30-10-9-29-16;1-29-22(33)14-2-6-15(7-3-14)32-23(34)20(13-4-8-16(9-5-13)36-24(27)28)21-17(31-32)10-11-19(30-21)35-12-18(25)26;2*23-13-3-5-14(6-4-13)30-21(31)19(12-1-7-15(8-2-12)33-22(26)27)20-16(29-30)9-10-18(28-20)32-11-17(24)25/h1-11,19,24H,12H2;2-11,18,24H,12H2,1H3,(H,29,33);2*1-10,17,22H,11H2. The highest BCUT2D eigenvalue weighted by molar-refractivity contribution is 6.30. The van der Waals surface area contributed by atoms with Crippen molar-refractivity contribution >= 4 is 72.7 Å². The van der Waals surface area contributed by atoms with Gasteiger partial charge in [-0.25, -0.2) is 59.4 Å². The minimum absolute atomic E-state index is 0.00965. The largest absolute Gasteiger partial charge is 0.472 e. The van der Waals surface area contributed by atoms with E-state index in [1.807, 2.05) is 0 Å². The lowest BCUT2D eigenvalue weighted by Crippen LogP contribution is -2.24. The molecule has 0 spiro atoms. The molecule has 0 aliphatic carbocycles. The maximum Gasteiger partial charge on any atom is 0.387 e. The Balaban J connectivity index is 0.000000147. The molecule has 0 radical (unpaired) electrons. The van der Waals surface area contributed by atoms with Crippen molar-refractivity contribution in [2.24, 2.45) is 0 Å². The third kappa shape index (κ3) is 24.1. The van der Waals surface area contributed by atoms with Gasteiger partial charge in [-0.05, 0) is 186 Å². The number of carbonyl (C=O) groups excluding carboxylic acids is 1. The van der Waals surface area contributed by atoms with Gasteiger partial charge < -0.3 is 43.2 Å². The van der Waals surface area contributed by atoms with E-state index >= 15 is 0 Å². The number of nitrogens with zero attached hydrogens (tertiary/aromatic N) is 14. The zero-order valence-corrected chi connectivity index (χ0v) is 70.7. The summed E-state index contributed by atoms with van der Waals surface area (Å²) in [5.41, 5.74) is 3.16. The molecule has 138 heavy (non-hydrogen) atoms. The van der Waals surface area contributed by atoms with E-state index < -0.39 is 107 Å². The van der Waals surface area contributed by atoms with Crippen LogP contribution in [0.5, 0.6) is 46.5 Å². The van der Waals surface area contributed by atoms with Crippen LogP contribution in [0, 0.1) is 5.82 Å². The number of pyridine rings is 4. The topological polar surface area (TPSA) is 320 Å². The van der Waals surface area contributed by atoms with Crippen LogP contribution in [-0.2, 0) is 0 Å². The molecule has 0 atom stereocenters. The number of rotatable bonds is 29. The summed E-state index contributed by atoms with van der Waals surface area (Å²) in [5.74, 6) is -1.80. The highest BCUT2D eigenvalue weighted by atomic mass is 35.5. The van der Waals surface area contributed by atoms with E-state index in [0.717, 1.165) is 30.9 Å². The molecule has 0 fully saturated rings. The first kappa shape index (κ1) is 97.3. The van der Waals surface area contributed by atoms with Gasteiger partial charge in [0.15, 0.2) is 26.4 Å². The van der Waals surface area contributed by atoms with Gasteiger partial charge in [-0.2, -0.15) is 74.2 Å². The number of fused-ring (bicyclic) bond motifs is 5. The molecule has 9 aromatic heterocycles. The van der Waals surface area contributed by atoms with Crippen molar-refractivity contribution in [3.63, 3.8) is 0 Å². The van der Waals surface area contributed by atoms with E-state index in [1.165, 1.54) is 195 Å². The smallest absolute Gasteiger partial charge is 0.387 e. The van der Waals surface area contributed by atoms with Crippen molar-refractivity contribution in [2.75, 3.05) is 33.5 Å². The fraction of sp³-hybridized carbons (Fsp3) is 0.141. The van der Waals surface area contributed by atoms with E-state index in [1.54, 1.807) is 48.7 Å². The van der Waals surface area contributed by atoms with Crippen LogP contribution in [0.15, 0.2) is 268 Å². The van der Waals surface area contributed by atoms with Gasteiger partial charge >= 0.3 is 26.4 Å². The van der Waals surface area contributed by atoms with E-state index in [9.17, 15) is 98.6 Å². The summed E-state index contributed by atoms with van der Waals surface area (Å²) >= 11 is 5.93.